The van der Waals surface area contributed by atoms with Gasteiger partial charge >= 0.3 is 0 Å². The molecular weight excluding hydrogens is 262 g/mol. The number of fused-ring (bicyclic) bond motifs is 5. The molecule has 116 valence electrons. The van der Waals surface area contributed by atoms with E-state index in [2.05, 4.69) is 19.2 Å². The molecule has 6 atom stereocenters. The Kier molecular flexibility index (Phi) is 2.86. The van der Waals surface area contributed by atoms with Gasteiger partial charge in [-0.15, -0.1) is 0 Å². The van der Waals surface area contributed by atoms with Gasteiger partial charge in [-0.2, -0.15) is 0 Å². The van der Waals surface area contributed by atoms with Gasteiger partial charge in [-0.05, 0) is 61.7 Å². The van der Waals surface area contributed by atoms with E-state index in [0.717, 1.165) is 31.7 Å². The van der Waals surface area contributed by atoms with E-state index in [1.54, 1.807) is 0 Å². The Hall–Kier alpha value is -0.830. The normalized spacial score (nSPS) is 52.3. The SMILES string of the molecule is CC12CNC(=O)C=C1CCC1C2CCC2(C)C(O)CCC12. The summed E-state index contributed by atoms with van der Waals surface area (Å²) in [6.45, 7) is 5.50. The third-order valence-corrected chi connectivity index (χ3v) is 7.62. The molecule has 3 fully saturated rings. The number of amides is 1. The van der Waals surface area contributed by atoms with E-state index in [-0.39, 0.29) is 22.8 Å². The molecule has 6 unspecified atom stereocenters. The summed E-state index contributed by atoms with van der Waals surface area (Å²) < 4.78 is 0. The van der Waals surface area contributed by atoms with E-state index in [9.17, 15) is 9.90 Å². The van der Waals surface area contributed by atoms with Gasteiger partial charge in [0.15, 0.2) is 0 Å². The van der Waals surface area contributed by atoms with Crippen molar-refractivity contribution in [2.75, 3.05) is 6.54 Å². The molecule has 4 rings (SSSR count). The molecule has 0 aromatic rings. The highest BCUT2D eigenvalue weighted by molar-refractivity contribution is 5.89. The van der Waals surface area contributed by atoms with Crippen molar-refractivity contribution < 1.29 is 9.90 Å². The van der Waals surface area contributed by atoms with E-state index in [4.69, 9.17) is 0 Å². The molecule has 0 spiro atoms. The Labute approximate surface area is 127 Å². The molecule has 2 N–H and O–H groups in total. The topological polar surface area (TPSA) is 49.3 Å². The summed E-state index contributed by atoms with van der Waals surface area (Å²) in [7, 11) is 0. The highest BCUT2D eigenvalue weighted by Crippen LogP contribution is 2.63. The number of aliphatic hydroxyl groups is 1. The average Bonchev–Trinajstić information content (AvgIpc) is 2.76. The zero-order valence-corrected chi connectivity index (χ0v) is 13.2. The monoisotopic (exact) mass is 289 g/mol. The number of hydrogen-bond acceptors (Lipinski definition) is 2. The van der Waals surface area contributed by atoms with Crippen LogP contribution in [0, 0.1) is 28.6 Å². The Balaban J connectivity index is 1.69. The van der Waals surface area contributed by atoms with Gasteiger partial charge < -0.3 is 10.4 Å². The lowest BCUT2D eigenvalue weighted by Crippen LogP contribution is -2.55. The fraction of sp³-hybridized carbons (Fsp3) is 0.833. The highest BCUT2D eigenvalue weighted by atomic mass is 16.3. The smallest absolute Gasteiger partial charge is 0.243 e. The van der Waals surface area contributed by atoms with Gasteiger partial charge in [-0.3, -0.25) is 4.79 Å². The molecule has 0 aromatic heterocycles. The molecule has 3 heteroatoms. The molecule has 1 aliphatic heterocycles. The fourth-order valence-electron chi connectivity index (χ4n) is 6.26. The Morgan fingerprint density at radius 1 is 1.19 bits per heavy atom. The van der Waals surface area contributed by atoms with E-state index < -0.39 is 0 Å². The highest BCUT2D eigenvalue weighted by Gasteiger charge is 2.58. The van der Waals surface area contributed by atoms with E-state index in [0.29, 0.717) is 11.8 Å². The third kappa shape index (κ3) is 1.73. The maximum absolute atomic E-state index is 11.7. The van der Waals surface area contributed by atoms with Crippen molar-refractivity contribution in [2.24, 2.45) is 28.6 Å². The van der Waals surface area contributed by atoms with Crippen LogP contribution in [0.2, 0.25) is 0 Å². The third-order valence-electron chi connectivity index (χ3n) is 7.62. The first-order valence-corrected chi connectivity index (χ1v) is 8.62. The summed E-state index contributed by atoms with van der Waals surface area (Å²) in [4.78, 5) is 11.7. The second-order valence-corrected chi connectivity index (χ2v) is 8.36. The Bertz CT molecular complexity index is 513. The molecule has 1 amide bonds. The molecule has 21 heavy (non-hydrogen) atoms. The zero-order valence-electron chi connectivity index (χ0n) is 13.2. The maximum atomic E-state index is 11.7. The molecular formula is C18H27NO2. The van der Waals surface area contributed by atoms with Crippen molar-refractivity contribution in [2.45, 2.75) is 58.5 Å². The number of carbonyl (C=O) groups excluding carboxylic acids is 1. The minimum Gasteiger partial charge on any atom is -0.393 e. The number of rotatable bonds is 0. The van der Waals surface area contributed by atoms with Crippen LogP contribution >= 0.6 is 0 Å². The predicted molar refractivity (Wildman–Crippen MR) is 81.5 cm³/mol. The van der Waals surface area contributed by atoms with E-state index in [1.165, 1.54) is 24.8 Å². The summed E-state index contributed by atoms with van der Waals surface area (Å²) in [6, 6.07) is 0. The molecule has 0 bridgehead atoms. The van der Waals surface area contributed by atoms with Crippen LogP contribution in [0.4, 0.5) is 0 Å². The molecule has 0 saturated heterocycles. The number of nitrogens with one attached hydrogen (secondary N) is 1. The van der Waals surface area contributed by atoms with Gasteiger partial charge in [0.1, 0.15) is 0 Å². The number of hydrogen-bond donors (Lipinski definition) is 2. The van der Waals surface area contributed by atoms with Gasteiger partial charge in [0, 0.05) is 18.0 Å². The lowest BCUT2D eigenvalue weighted by molar-refractivity contribution is -0.119. The lowest BCUT2D eigenvalue weighted by Gasteiger charge is -2.57. The largest absolute Gasteiger partial charge is 0.393 e. The molecule has 0 aromatic carbocycles. The molecule has 3 aliphatic carbocycles. The summed E-state index contributed by atoms with van der Waals surface area (Å²) >= 11 is 0. The minimum atomic E-state index is -0.0979. The van der Waals surface area contributed by atoms with Crippen LogP contribution in [-0.4, -0.2) is 23.7 Å². The molecule has 4 aliphatic rings. The second kappa shape index (κ2) is 4.34. The standard InChI is InChI=1S/C18H27NO2/c1-17-8-7-14-12(13(17)5-6-15(17)20)4-3-11-9-16(21)19-10-18(11,14)2/h9,12-15,20H,3-8,10H2,1-2H3,(H,19,21). The van der Waals surface area contributed by atoms with Crippen LogP contribution in [0.1, 0.15) is 52.4 Å². The summed E-state index contributed by atoms with van der Waals surface area (Å²) in [5.41, 5.74) is 1.69. The predicted octanol–water partition coefficient (Wildman–Crippen LogP) is 2.65. The van der Waals surface area contributed by atoms with Gasteiger partial charge in [0.25, 0.3) is 0 Å². The fourth-order valence-corrected chi connectivity index (χ4v) is 6.26. The lowest BCUT2D eigenvalue weighted by atomic mass is 9.48. The molecule has 1 heterocycles. The van der Waals surface area contributed by atoms with Crippen molar-refractivity contribution in [1.29, 1.82) is 0 Å². The van der Waals surface area contributed by atoms with Gasteiger partial charge in [0.05, 0.1) is 6.10 Å². The first kappa shape index (κ1) is 13.8. The van der Waals surface area contributed by atoms with Crippen molar-refractivity contribution in [3.05, 3.63) is 11.6 Å². The van der Waals surface area contributed by atoms with E-state index in [1.807, 2.05) is 6.08 Å². The van der Waals surface area contributed by atoms with Gasteiger partial charge in [-0.25, -0.2) is 0 Å². The quantitative estimate of drug-likeness (QED) is 0.720. The van der Waals surface area contributed by atoms with Crippen LogP contribution in [0.3, 0.4) is 0 Å². The maximum Gasteiger partial charge on any atom is 0.243 e. The number of aliphatic hydroxyl groups excluding tert-OH is 1. The molecule has 3 saturated carbocycles. The van der Waals surface area contributed by atoms with Crippen LogP contribution in [-0.2, 0) is 4.79 Å². The second-order valence-electron chi connectivity index (χ2n) is 8.36. The van der Waals surface area contributed by atoms with Crippen LogP contribution in [0.25, 0.3) is 0 Å². The Morgan fingerprint density at radius 2 is 2.00 bits per heavy atom. The van der Waals surface area contributed by atoms with Crippen LogP contribution < -0.4 is 5.32 Å². The van der Waals surface area contributed by atoms with Crippen molar-refractivity contribution in [3.8, 4) is 0 Å². The Morgan fingerprint density at radius 3 is 2.81 bits per heavy atom. The molecule has 0 radical (unpaired) electrons. The van der Waals surface area contributed by atoms with Crippen molar-refractivity contribution >= 4 is 5.91 Å². The summed E-state index contributed by atoms with van der Waals surface area (Å²) in [5.74, 6) is 2.19. The van der Waals surface area contributed by atoms with Crippen molar-refractivity contribution in [1.82, 2.24) is 5.32 Å². The van der Waals surface area contributed by atoms with Crippen LogP contribution in [0.5, 0.6) is 0 Å². The zero-order chi connectivity index (χ0) is 14.8. The number of carbonyl (C=O) groups is 1. The van der Waals surface area contributed by atoms with Gasteiger partial charge in [0.2, 0.25) is 5.91 Å². The summed E-state index contributed by atoms with van der Waals surface area (Å²) in [5, 5.41) is 13.5. The minimum absolute atomic E-state index is 0.0952. The average molecular weight is 289 g/mol. The first-order chi connectivity index (χ1) is 9.95. The molecule has 3 nitrogen and oxygen atoms in total. The van der Waals surface area contributed by atoms with Crippen molar-refractivity contribution in [3.63, 3.8) is 0 Å². The summed E-state index contributed by atoms with van der Waals surface area (Å²) in [6.07, 6.45) is 8.60. The van der Waals surface area contributed by atoms with Crippen LogP contribution in [0.15, 0.2) is 11.6 Å². The first-order valence-electron chi connectivity index (χ1n) is 8.62. The van der Waals surface area contributed by atoms with Gasteiger partial charge in [-0.1, -0.05) is 19.4 Å². The van der Waals surface area contributed by atoms with E-state index >= 15 is 0 Å².